The fourth-order valence-electron chi connectivity index (χ4n) is 4.86. The van der Waals surface area contributed by atoms with Gasteiger partial charge in [-0.05, 0) is 48.1 Å². The molecule has 3 N–H and O–H groups in total. The molecule has 2 atom stereocenters. The summed E-state index contributed by atoms with van der Waals surface area (Å²) in [5.74, 6) is -3.19. The SMILES string of the molecule is O=C(O)C1=C(c2ccc(CCCOc3c(F)ccc(F)c3Cl)cc2)C[C@@H]2CN(C(=O)O)C[C@H]1N2C(=O)O. The summed E-state index contributed by atoms with van der Waals surface area (Å²) in [6.07, 6.45) is -1.47. The zero-order valence-corrected chi connectivity index (χ0v) is 20.1. The summed E-state index contributed by atoms with van der Waals surface area (Å²) in [5, 5.41) is 28.6. The van der Waals surface area contributed by atoms with Crippen LogP contribution in [-0.2, 0) is 11.2 Å². The second kappa shape index (κ2) is 10.6. The van der Waals surface area contributed by atoms with E-state index in [0.29, 0.717) is 24.0 Å². The lowest BCUT2D eigenvalue weighted by molar-refractivity contribution is -0.133. The van der Waals surface area contributed by atoms with E-state index in [4.69, 9.17) is 16.3 Å². The number of carboxylic acids is 1. The summed E-state index contributed by atoms with van der Waals surface area (Å²) in [4.78, 5) is 37.6. The third kappa shape index (κ3) is 5.31. The molecule has 0 radical (unpaired) electrons. The molecule has 4 rings (SSSR count). The number of fused-ring (bicyclic) bond motifs is 2. The van der Waals surface area contributed by atoms with Crippen molar-refractivity contribution in [2.75, 3.05) is 19.7 Å². The van der Waals surface area contributed by atoms with Gasteiger partial charge in [0, 0.05) is 13.1 Å². The van der Waals surface area contributed by atoms with E-state index in [1.54, 1.807) is 24.3 Å². The second-order valence-electron chi connectivity index (χ2n) is 8.77. The summed E-state index contributed by atoms with van der Waals surface area (Å²) in [6.45, 7) is -0.232. The van der Waals surface area contributed by atoms with Crippen molar-refractivity contribution >= 4 is 35.3 Å². The molecule has 2 bridgehead atoms. The lowest BCUT2D eigenvalue weighted by atomic mass is 9.82. The normalized spacial score (nSPS) is 19.1. The molecule has 2 aliphatic rings. The first-order valence-corrected chi connectivity index (χ1v) is 11.8. The molecule has 1 saturated heterocycles. The number of carboxylic acid groups (broad SMARTS) is 3. The molecule has 0 aromatic heterocycles. The van der Waals surface area contributed by atoms with Crippen molar-refractivity contribution in [2.45, 2.75) is 31.3 Å². The average molecular weight is 537 g/mol. The highest BCUT2D eigenvalue weighted by molar-refractivity contribution is 6.32. The van der Waals surface area contributed by atoms with Gasteiger partial charge in [-0.3, -0.25) is 4.90 Å². The standard InChI is InChI=1S/C25H23ClF2N2O7/c26-21-17(27)7-8-18(28)22(21)37-9-1-2-13-3-5-14(6-4-13)16-10-15-11-29(24(33)34)12-19(20(16)23(31)32)30(15)25(35)36/h3-8,15,19H,1-2,9-12H2,(H,31,32)(H,33,34)(H,35,36)/t15-,19-/m1/s1. The third-order valence-corrected chi connectivity index (χ3v) is 6.89. The van der Waals surface area contributed by atoms with E-state index in [1.807, 2.05) is 0 Å². The Balaban J connectivity index is 1.49. The highest BCUT2D eigenvalue weighted by Crippen LogP contribution is 2.38. The first kappa shape index (κ1) is 26.2. The Labute approximate surface area is 215 Å². The number of ether oxygens (including phenoxy) is 1. The van der Waals surface area contributed by atoms with E-state index in [2.05, 4.69) is 0 Å². The maximum absolute atomic E-state index is 13.8. The van der Waals surface area contributed by atoms with Crippen LogP contribution in [0.1, 0.15) is 24.0 Å². The zero-order valence-electron chi connectivity index (χ0n) is 19.4. The average Bonchev–Trinajstić information content (AvgIpc) is 2.84. The van der Waals surface area contributed by atoms with E-state index in [1.165, 1.54) is 0 Å². The van der Waals surface area contributed by atoms with Gasteiger partial charge in [-0.25, -0.2) is 23.2 Å². The van der Waals surface area contributed by atoms with Crippen molar-refractivity contribution in [2.24, 2.45) is 0 Å². The summed E-state index contributed by atoms with van der Waals surface area (Å²) in [5.41, 5.74) is 1.82. The maximum Gasteiger partial charge on any atom is 0.408 e. The van der Waals surface area contributed by atoms with Crippen molar-refractivity contribution in [3.05, 3.63) is 69.8 Å². The smallest absolute Gasteiger partial charge is 0.408 e. The van der Waals surface area contributed by atoms with Crippen LogP contribution in [-0.4, -0.2) is 75.1 Å². The Kier molecular flexibility index (Phi) is 7.53. The number of amides is 2. The number of nitrogens with zero attached hydrogens (tertiary/aromatic N) is 2. The molecule has 2 amide bonds. The van der Waals surface area contributed by atoms with Crippen LogP contribution in [0.4, 0.5) is 18.4 Å². The number of rotatable bonds is 7. The number of halogens is 3. The highest BCUT2D eigenvalue weighted by atomic mass is 35.5. The number of aryl methyl sites for hydroxylation is 1. The fourth-order valence-corrected chi connectivity index (χ4v) is 5.07. The number of benzene rings is 2. The van der Waals surface area contributed by atoms with Crippen LogP contribution >= 0.6 is 11.6 Å². The van der Waals surface area contributed by atoms with E-state index >= 15 is 0 Å². The molecule has 0 unspecified atom stereocenters. The van der Waals surface area contributed by atoms with Crippen molar-refractivity contribution in [1.82, 2.24) is 9.80 Å². The minimum absolute atomic E-state index is 0.0530. The number of hydrogen-bond acceptors (Lipinski definition) is 4. The first-order valence-electron chi connectivity index (χ1n) is 11.4. The predicted octanol–water partition coefficient (Wildman–Crippen LogP) is 4.58. The lowest BCUT2D eigenvalue weighted by Crippen LogP contribution is -2.64. The van der Waals surface area contributed by atoms with Crippen LogP contribution in [0.15, 0.2) is 42.0 Å². The van der Waals surface area contributed by atoms with Gasteiger partial charge in [0.15, 0.2) is 11.6 Å². The van der Waals surface area contributed by atoms with Crippen molar-refractivity contribution in [3.8, 4) is 5.75 Å². The van der Waals surface area contributed by atoms with Gasteiger partial charge in [0.2, 0.25) is 0 Å². The molecule has 12 heteroatoms. The van der Waals surface area contributed by atoms with Gasteiger partial charge < -0.3 is 25.0 Å². The summed E-state index contributed by atoms with van der Waals surface area (Å²) >= 11 is 5.75. The van der Waals surface area contributed by atoms with Gasteiger partial charge in [-0.15, -0.1) is 0 Å². The molecule has 0 saturated carbocycles. The zero-order chi connectivity index (χ0) is 26.9. The van der Waals surface area contributed by atoms with Gasteiger partial charge in [0.25, 0.3) is 0 Å². The molecule has 1 fully saturated rings. The van der Waals surface area contributed by atoms with Crippen molar-refractivity contribution < 1.29 is 43.2 Å². The molecule has 2 heterocycles. The quantitative estimate of drug-likeness (QED) is 0.349. The van der Waals surface area contributed by atoms with Crippen molar-refractivity contribution in [1.29, 1.82) is 0 Å². The third-order valence-electron chi connectivity index (χ3n) is 6.53. The van der Waals surface area contributed by atoms with Crippen LogP contribution in [0, 0.1) is 11.6 Å². The van der Waals surface area contributed by atoms with Crippen LogP contribution in [0.2, 0.25) is 5.02 Å². The number of hydrogen-bond donors (Lipinski definition) is 3. The minimum atomic E-state index is -1.30. The Morgan fingerprint density at radius 2 is 1.65 bits per heavy atom. The molecule has 2 aromatic carbocycles. The first-order chi connectivity index (χ1) is 17.6. The fraction of sp³-hybridized carbons (Fsp3) is 0.320. The van der Waals surface area contributed by atoms with Gasteiger partial charge in [0.05, 0.1) is 24.3 Å². The van der Waals surface area contributed by atoms with Crippen LogP contribution in [0.5, 0.6) is 5.75 Å². The number of piperazine rings is 1. The van der Waals surface area contributed by atoms with Crippen molar-refractivity contribution in [3.63, 3.8) is 0 Å². The van der Waals surface area contributed by atoms with Crippen LogP contribution in [0.25, 0.3) is 5.57 Å². The van der Waals surface area contributed by atoms with Crippen LogP contribution < -0.4 is 4.74 Å². The molecule has 196 valence electrons. The molecular formula is C25H23ClF2N2O7. The highest BCUT2D eigenvalue weighted by Gasteiger charge is 2.47. The van der Waals surface area contributed by atoms with E-state index < -0.39 is 46.9 Å². The topological polar surface area (TPSA) is 128 Å². The van der Waals surface area contributed by atoms with E-state index in [-0.39, 0.29) is 37.4 Å². The van der Waals surface area contributed by atoms with Gasteiger partial charge in [-0.1, -0.05) is 35.9 Å². The Hall–Kier alpha value is -3.86. The summed E-state index contributed by atoms with van der Waals surface area (Å²) in [7, 11) is 0. The molecule has 37 heavy (non-hydrogen) atoms. The summed E-state index contributed by atoms with van der Waals surface area (Å²) < 4.78 is 32.6. The van der Waals surface area contributed by atoms with Crippen LogP contribution in [0.3, 0.4) is 0 Å². The molecular weight excluding hydrogens is 514 g/mol. The number of aliphatic carboxylic acids is 1. The lowest BCUT2D eigenvalue weighted by Gasteiger charge is -2.48. The molecule has 0 aliphatic carbocycles. The van der Waals surface area contributed by atoms with Gasteiger partial charge in [0.1, 0.15) is 10.8 Å². The molecule has 2 aliphatic heterocycles. The molecule has 0 spiro atoms. The summed E-state index contributed by atoms with van der Waals surface area (Å²) in [6, 6.07) is 7.07. The molecule has 2 aromatic rings. The Bertz CT molecular complexity index is 1270. The van der Waals surface area contributed by atoms with E-state index in [0.717, 1.165) is 27.5 Å². The van der Waals surface area contributed by atoms with Gasteiger partial charge in [-0.2, -0.15) is 0 Å². The second-order valence-corrected chi connectivity index (χ2v) is 9.15. The van der Waals surface area contributed by atoms with Gasteiger partial charge >= 0.3 is 18.2 Å². The monoisotopic (exact) mass is 536 g/mol. The number of carbonyl (C=O) groups is 3. The predicted molar refractivity (Wildman–Crippen MR) is 128 cm³/mol. The maximum atomic E-state index is 13.8. The largest absolute Gasteiger partial charge is 0.489 e. The Morgan fingerprint density at radius 1 is 0.973 bits per heavy atom. The minimum Gasteiger partial charge on any atom is -0.489 e. The molecule has 9 nitrogen and oxygen atoms in total. The Morgan fingerprint density at radius 3 is 2.27 bits per heavy atom. The van der Waals surface area contributed by atoms with E-state index in [9.17, 15) is 38.5 Å².